The Morgan fingerprint density at radius 1 is 0.556 bits per heavy atom. The third kappa shape index (κ3) is 2.98. The fraction of sp³-hybridized carbons (Fsp3) is 0.111. The van der Waals surface area contributed by atoms with Crippen LogP contribution in [0.15, 0.2) is 103 Å². The molecule has 0 saturated carbocycles. The molecule has 0 atom stereocenters. The molecule has 5 rings (SSSR count). The van der Waals surface area contributed by atoms with E-state index >= 15 is 0 Å². The predicted octanol–water partition coefficient (Wildman–Crippen LogP) is 6.63. The van der Waals surface area contributed by atoms with Gasteiger partial charge < -0.3 is 0 Å². The van der Waals surface area contributed by atoms with Crippen LogP contribution in [0.3, 0.4) is 0 Å². The lowest BCUT2D eigenvalue weighted by Crippen LogP contribution is -2.07. The third-order valence-corrected chi connectivity index (χ3v) is 5.78. The van der Waals surface area contributed by atoms with Crippen LogP contribution in [0, 0.1) is 0 Å². The van der Waals surface area contributed by atoms with Crippen LogP contribution < -0.4 is 0 Å². The van der Waals surface area contributed by atoms with Crippen LogP contribution in [0.5, 0.6) is 0 Å². The van der Waals surface area contributed by atoms with Crippen LogP contribution in [-0.2, 0) is 12.8 Å². The molecule has 0 saturated heterocycles. The molecule has 0 amide bonds. The zero-order valence-corrected chi connectivity index (χ0v) is 15.3. The highest BCUT2D eigenvalue weighted by molar-refractivity contribution is 5.77. The smallest absolute Gasteiger partial charge is 0.0130 e. The minimum atomic E-state index is 0.377. The van der Waals surface area contributed by atoms with Gasteiger partial charge in [-0.15, -0.1) is 0 Å². The molecule has 0 heterocycles. The number of fused-ring (bicyclic) bond motifs is 3. The molecular weight excluding hydrogens is 324 g/mol. The van der Waals surface area contributed by atoms with E-state index in [2.05, 4.69) is 103 Å². The third-order valence-electron chi connectivity index (χ3n) is 5.78. The molecule has 1 aliphatic rings. The summed E-state index contributed by atoms with van der Waals surface area (Å²) in [6, 6.07) is 37.5. The van der Waals surface area contributed by atoms with Crippen LogP contribution >= 0.6 is 0 Å². The van der Waals surface area contributed by atoms with Gasteiger partial charge in [-0.25, -0.2) is 0 Å². The van der Waals surface area contributed by atoms with E-state index in [1.807, 2.05) is 0 Å². The predicted molar refractivity (Wildman–Crippen MR) is 113 cm³/mol. The molecule has 4 aromatic carbocycles. The van der Waals surface area contributed by atoms with E-state index in [9.17, 15) is 0 Å². The SMILES string of the molecule is c1ccc(C(Cc2cccc3c2Cc2ccccc2-3)c2ccccc2)cc1. The molecule has 0 radical (unpaired) electrons. The van der Waals surface area contributed by atoms with E-state index in [4.69, 9.17) is 0 Å². The van der Waals surface area contributed by atoms with Crippen molar-refractivity contribution in [1.82, 2.24) is 0 Å². The molecule has 0 nitrogen and oxygen atoms in total. The van der Waals surface area contributed by atoms with E-state index in [1.165, 1.54) is 38.9 Å². The standard InChI is InChI=1S/C27H22/c1-3-10-20(11-4-1)26(21-12-5-2-6-13-21)18-23-15-9-17-25-24-16-8-7-14-22(24)19-27(23)25/h1-17,26H,18-19H2. The molecule has 4 aromatic rings. The number of hydrogen-bond acceptors (Lipinski definition) is 0. The minimum Gasteiger partial charge on any atom is -0.0622 e. The second-order valence-electron chi connectivity index (χ2n) is 7.36. The first-order valence-electron chi connectivity index (χ1n) is 9.69. The highest BCUT2D eigenvalue weighted by Crippen LogP contribution is 2.40. The highest BCUT2D eigenvalue weighted by Gasteiger charge is 2.23. The zero-order valence-electron chi connectivity index (χ0n) is 15.3. The van der Waals surface area contributed by atoms with Crippen LogP contribution in [0.2, 0.25) is 0 Å². The Balaban J connectivity index is 1.57. The van der Waals surface area contributed by atoms with Gasteiger partial charge in [0.2, 0.25) is 0 Å². The van der Waals surface area contributed by atoms with Crippen molar-refractivity contribution in [1.29, 1.82) is 0 Å². The molecule has 27 heavy (non-hydrogen) atoms. The van der Waals surface area contributed by atoms with Gasteiger partial charge in [-0.3, -0.25) is 0 Å². The Kier molecular flexibility index (Phi) is 4.10. The molecule has 0 spiro atoms. The van der Waals surface area contributed by atoms with E-state index < -0.39 is 0 Å². The summed E-state index contributed by atoms with van der Waals surface area (Å²) in [6.45, 7) is 0. The molecule has 0 N–H and O–H groups in total. The Bertz CT molecular complexity index is 1020. The van der Waals surface area contributed by atoms with Crippen molar-refractivity contribution in [3.8, 4) is 11.1 Å². The lowest BCUT2D eigenvalue weighted by atomic mass is 9.84. The van der Waals surface area contributed by atoms with Gasteiger partial charge in [0.05, 0.1) is 0 Å². The molecule has 130 valence electrons. The number of benzene rings is 4. The van der Waals surface area contributed by atoms with Gasteiger partial charge >= 0.3 is 0 Å². The fourth-order valence-electron chi connectivity index (χ4n) is 4.43. The summed E-state index contributed by atoms with van der Waals surface area (Å²) < 4.78 is 0. The molecule has 0 fully saturated rings. The van der Waals surface area contributed by atoms with Crippen molar-refractivity contribution >= 4 is 0 Å². The quantitative estimate of drug-likeness (QED) is 0.342. The van der Waals surface area contributed by atoms with Crippen molar-refractivity contribution in [3.05, 3.63) is 131 Å². The van der Waals surface area contributed by atoms with Gasteiger partial charge in [-0.1, -0.05) is 103 Å². The van der Waals surface area contributed by atoms with Crippen LogP contribution in [-0.4, -0.2) is 0 Å². The first-order valence-corrected chi connectivity index (χ1v) is 9.69. The van der Waals surface area contributed by atoms with Crippen molar-refractivity contribution in [3.63, 3.8) is 0 Å². The second-order valence-corrected chi connectivity index (χ2v) is 7.36. The summed E-state index contributed by atoms with van der Waals surface area (Å²) in [7, 11) is 0. The summed E-state index contributed by atoms with van der Waals surface area (Å²) in [6.07, 6.45) is 2.09. The van der Waals surface area contributed by atoms with Crippen molar-refractivity contribution in [2.75, 3.05) is 0 Å². The van der Waals surface area contributed by atoms with Gasteiger partial charge in [-0.2, -0.15) is 0 Å². The molecule has 0 bridgehead atoms. The Hall–Kier alpha value is -3.12. The van der Waals surface area contributed by atoms with Crippen LogP contribution in [0.4, 0.5) is 0 Å². The zero-order chi connectivity index (χ0) is 18.1. The van der Waals surface area contributed by atoms with E-state index in [0.29, 0.717) is 5.92 Å². The first kappa shape index (κ1) is 16.1. The molecule has 0 aromatic heterocycles. The topological polar surface area (TPSA) is 0 Å². The monoisotopic (exact) mass is 346 g/mol. The molecular formula is C27H22. The van der Waals surface area contributed by atoms with Crippen molar-refractivity contribution < 1.29 is 0 Å². The Labute approximate surface area is 161 Å². The van der Waals surface area contributed by atoms with Gasteiger partial charge in [-0.05, 0) is 51.8 Å². The second kappa shape index (κ2) is 6.89. The maximum Gasteiger partial charge on any atom is 0.0130 e. The summed E-state index contributed by atoms with van der Waals surface area (Å²) in [5.74, 6) is 0.377. The van der Waals surface area contributed by atoms with Gasteiger partial charge in [0.15, 0.2) is 0 Å². The summed E-state index contributed by atoms with van der Waals surface area (Å²) in [4.78, 5) is 0. The Morgan fingerprint density at radius 2 is 1.15 bits per heavy atom. The summed E-state index contributed by atoms with van der Waals surface area (Å²) in [5, 5.41) is 0. The minimum absolute atomic E-state index is 0.377. The lowest BCUT2D eigenvalue weighted by molar-refractivity contribution is 0.799. The molecule has 0 heteroatoms. The first-order chi connectivity index (χ1) is 13.4. The van der Waals surface area contributed by atoms with Crippen molar-refractivity contribution in [2.24, 2.45) is 0 Å². The number of hydrogen-bond donors (Lipinski definition) is 0. The number of rotatable bonds is 4. The average molecular weight is 346 g/mol. The molecule has 0 aliphatic heterocycles. The Morgan fingerprint density at radius 3 is 1.85 bits per heavy atom. The van der Waals surface area contributed by atoms with Gasteiger partial charge in [0.1, 0.15) is 0 Å². The van der Waals surface area contributed by atoms with Crippen molar-refractivity contribution in [2.45, 2.75) is 18.8 Å². The largest absolute Gasteiger partial charge is 0.0622 e. The summed E-state index contributed by atoms with van der Waals surface area (Å²) >= 11 is 0. The average Bonchev–Trinajstić information content (AvgIpc) is 3.13. The fourth-order valence-corrected chi connectivity index (χ4v) is 4.43. The van der Waals surface area contributed by atoms with Gasteiger partial charge in [0, 0.05) is 5.92 Å². The maximum atomic E-state index is 2.32. The van der Waals surface area contributed by atoms with E-state index in [0.717, 1.165) is 12.8 Å². The van der Waals surface area contributed by atoms with Crippen LogP contribution in [0.1, 0.15) is 33.7 Å². The van der Waals surface area contributed by atoms with Crippen LogP contribution in [0.25, 0.3) is 11.1 Å². The highest BCUT2D eigenvalue weighted by atomic mass is 14.3. The van der Waals surface area contributed by atoms with Gasteiger partial charge in [0.25, 0.3) is 0 Å². The normalized spacial score (nSPS) is 12.0. The van der Waals surface area contributed by atoms with E-state index in [-0.39, 0.29) is 0 Å². The lowest BCUT2D eigenvalue weighted by Gasteiger charge is -2.20. The molecule has 1 aliphatic carbocycles. The summed E-state index contributed by atoms with van der Waals surface area (Å²) in [5.41, 5.74) is 10.0. The maximum absolute atomic E-state index is 2.32. The van der Waals surface area contributed by atoms with E-state index in [1.54, 1.807) is 0 Å². The molecule has 0 unspecified atom stereocenters.